The van der Waals surface area contributed by atoms with Crippen molar-refractivity contribution in [1.82, 2.24) is 4.90 Å². The number of likely N-dealkylation sites (tertiary alicyclic amines) is 1. The van der Waals surface area contributed by atoms with Crippen molar-refractivity contribution in [2.24, 2.45) is 0 Å². The van der Waals surface area contributed by atoms with Gasteiger partial charge < -0.3 is 23.9 Å². The van der Waals surface area contributed by atoms with Crippen LogP contribution in [-0.2, 0) is 0 Å². The summed E-state index contributed by atoms with van der Waals surface area (Å²) in [5.74, 6) is 1.27. The summed E-state index contributed by atoms with van der Waals surface area (Å²) in [6.45, 7) is 3.45. The fourth-order valence-corrected chi connectivity index (χ4v) is 4.36. The maximum atomic E-state index is 12.8. The standard InChI is InChI=1S/C26H29NO5/c1-17-14-20(28)25-22(30-3)15-23(31-13-7-10-18-8-5-4-6-9-18)24(26(25)32-17)19-11-12-27(2)16-21(19)29/h4-10,14-15,19,21,29H,11-13,16H2,1-3H3/b10-7+. The quantitative estimate of drug-likeness (QED) is 0.631. The zero-order chi connectivity index (χ0) is 22.7. The van der Waals surface area contributed by atoms with Crippen LogP contribution in [0.15, 0.2) is 57.8 Å². The first-order valence-electron chi connectivity index (χ1n) is 10.8. The van der Waals surface area contributed by atoms with Crippen LogP contribution in [0.1, 0.15) is 29.2 Å². The van der Waals surface area contributed by atoms with E-state index in [1.165, 1.54) is 13.2 Å². The zero-order valence-electron chi connectivity index (χ0n) is 18.7. The number of fused-ring (bicyclic) bond motifs is 1. The van der Waals surface area contributed by atoms with Gasteiger partial charge in [-0.15, -0.1) is 0 Å². The summed E-state index contributed by atoms with van der Waals surface area (Å²) in [7, 11) is 3.51. The molecular formula is C26H29NO5. The smallest absolute Gasteiger partial charge is 0.196 e. The van der Waals surface area contributed by atoms with Crippen LogP contribution in [0.4, 0.5) is 0 Å². The van der Waals surface area contributed by atoms with Crippen molar-refractivity contribution in [3.8, 4) is 11.5 Å². The molecule has 4 rings (SSSR count). The Bertz CT molecular complexity index is 1170. The molecule has 0 saturated carbocycles. The molecule has 32 heavy (non-hydrogen) atoms. The van der Waals surface area contributed by atoms with E-state index in [1.54, 1.807) is 13.0 Å². The average Bonchev–Trinajstić information content (AvgIpc) is 2.77. The summed E-state index contributed by atoms with van der Waals surface area (Å²) < 4.78 is 17.7. The van der Waals surface area contributed by atoms with Gasteiger partial charge in [0, 0.05) is 30.2 Å². The second kappa shape index (κ2) is 9.59. The monoisotopic (exact) mass is 435 g/mol. The van der Waals surface area contributed by atoms with Gasteiger partial charge in [-0.1, -0.05) is 36.4 Å². The maximum absolute atomic E-state index is 12.8. The fraction of sp³-hybridized carbons (Fsp3) is 0.346. The minimum atomic E-state index is -0.599. The minimum Gasteiger partial charge on any atom is -0.496 e. The third-order valence-electron chi connectivity index (χ3n) is 5.91. The molecule has 3 aromatic rings. The molecule has 1 aliphatic rings. The molecular weight excluding hydrogens is 406 g/mol. The van der Waals surface area contributed by atoms with Crippen LogP contribution in [0.5, 0.6) is 11.5 Å². The van der Waals surface area contributed by atoms with Crippen molar-refractivity contribution in [3.63, 3.8) is 0 Å². The topological polar surface area (TPSA) is 72.1 Å². The van der Waals surface area contributed by atoms with E-state index in [1.807, 2.05) is 49.5 Å². The second-order valence-corrected chi connectivity index (χ2v) is 8.26. The highest BCUT2D eigenvalue weighted by molar-refractivity contribution is 5.89. The van der Waals surface area contributed by atoms with Crippen LogP contribution in [0.2, 0.25) is 0 Å². The Balaban J connectivity index is 1.78. The summed E-state index contributed by atoms with van der Waals surface area (Å²) in [5, 5.41) is 11.3. The lowest BCUT2D eigenvalue weighted by atomic mass is 9.85. The van der Waals surface area contributed by atoms with Crippen molar-refractivity contribution >= 4 is 17.0 Å². The van der Waals surface area contributed by atoms with E-state index in [9.17, 15) is 9.90 Å². The van der Waals surface area contributed by atoms with Crippen LogP contribution >= 0.6 is 0 Å². The van der Waals surface area contributed by atoms with E-state index >= 15 is 0 Å². The minimum absolute atomic E-state index is 0.167. The van der Waals surface area contributed by atoms with Crippen molar-refractivity contribution in [2.45, 2.75) is 25.4 Å². The van der Waals surface area contributed by atoms with Crippen LogP contribution in [0.3, 0.4) is 0 Å². The van der Waals surface area contributed by atoms with E-state index in [2.05, 4.69) is 4.90 Å². The number of hydrogen-bond acceptors (Lipinski definition) is 6. The van der Waals surface area contributed by atoms with Gasteiger partial charge in [0.05, 0.1) is 13.2 Å². The molecule has 2 atom stereocenters. The first-order chi connectivity index (χ1) is 15.5. The summed E-state index contributed by atoms with van der Waals surface area (Å²) in [5.41, 5.74) is 2.08. The molecule has 0 bridgehead atoms. The number of likely N-dealkylation sites (N-methyl/N-ethyl adjacent to an activating group) is 1. The van der Waals surface area contributed by atoms with E-state index in [0.717, 1.165) is 24.1 Å². The molecule has 1 fully saturated rings. The number of β-amino-alcohol motifs (C(OH)–C–C–N with tert-alkyl or cyclic N) is 1. The van der Waals surface area contributed by atoms with Gasteiger partial charge in [0.15, 0.2) is 5.43 Å². The van der Waals surface area contributed by atoms with Crippen LogP contribution < -0.4 is 14.9 Å². The number of hydrogen-bond donors (Lipinski definition) is 1. The van der Waals surface area contributed by atoms with Crippen LogP contribution in [0.25, 0.3) is 17.0 Å². The molecule has 2 unspecified atom stereocenters. The van der Waals surface area contributed by atoms with E-state index in [-0.39, 0.29) is 11.3 Å². The Labute approximate surface area is 187 Å². The molecule has 2 aromatic carbocycles. The van der Waals surface area contributed by atoms with Crippen molar-refractivity contribution in [2.75, 3.05) is 33.9 Å². The molecule has 6 nitrogen and oxygen atoms in total. The lowest BCUT2D eigenvalue weighted by molar-refractivity contribution is 0.0629. The molecule has 1 aromatic heterocycles. The molecule has 6 heteroatoms. The molecule has 0 amide bonds. The van der Waals surface area contributed by atoms with E-state index in [4.69, 9.17) is 13.9 Å². The summed E-state index contributed by atoms with van der Waals surface area (Å²) in [4.78, 5) is 14.9. The highest BCUT2D eigenvalue weighted by Crippen LogP contribution is 2.42. The van der Waals surface area contributed by atoms with Crippen molar-refractivity contribution < 1.29 is 19.0 Å². The van der Waals surface area contributed by atoms with Gasteiger partial charge in [-0.25, -0.2) is 0 Å². The maximum Gasteiger partial charge on any atom is 0.196 e. The Kier molecular flexibility index (Phi) is 6.63. The first kappa shape index (κ1) is 22.1. The molecule has 168 valence electrons. The highest BCUT2D eigenvalue weighted by atomic mass is 16.5. The number of rotatable bonds is 6. The number of benzene rings is 2. The van der Waals surface area contributed by atoms with Crippen molar-refractivity contribution in [3.05, 3.63) is 75.7 Å². The molecule has 1 N–H and O–H groups in total. The number of piperidine rings is 1. The number of aliphatic hydroxyl groups is 1. The van der Waals surface area contributed by atoms with Crippen molar-refractivity contribution in [1.29, 1.82) is 0 Å². The lowest BCUT2D eigenvalue weighted by Crippen LogP contribution is -2.40. The highest BCUT2D eigenvalue weighted by Gasteiger charge is 2.33. The molecule has 2 heterocycles. The van der Waals surface area contributed by atoms with Gasteiger partial charge in [0.1, 0.15) is 34.8 Å². The Hall–Kier alpha value is -3.09. The Morgan fingerprint density at radius 1 is 1.22 bits per heavy atom. The fourth-order valence-electron chi connectivity index (χ4n) is 4.36. The predicted molar refractivity (Wildman–Crippen MR) is 126 cm³/mol. The largest absolute Gasteiger partial charge is 0.496 e. The van der Waals surface area contributed by atoms with Gasteiger partial charge in [-0.3, -0.25) is 4.79 Å². The molecule has 0 aliphatic carbocycles. The predicted octanol–water partition coefficient (Wildman–Crippen LogP) is 3.98. The lowest BCUT2D eigenvalue weighted by Gasteiger charge is -2.34. The normalized spacial score (nSPS) is 19.5. The molecule has 0 radical (unpaired) electrons. The van der Waals surface area contributed by atoms with Crippen LogP contribution in [-0.4, -0.2) is 50.0 Å². The van der Waals surface area contributed by atoms with Gasteiger partial charge >= 0.3 is 0 Å². The third-order valence-corrected chi connectivity index (χ3v) is 5.91. The number of aliphatic hydroxyl groups excluding tert-OH is 1. The summed E-state index contributed by atoms with van der Waals surface area (Å²) in [6.07, 6.45) is 4.06. The summed E-state index contributed by atoms with van der Waals surface area (Å²) >= 11 is 0. The molecule has 0 spiro atoms. The Morgan fingerprint density at radius 3 is 2.72 bits per heavy atom. The van der Waals surface area contributed by atoms with Gasteiger partial charge in [0.25, 0.3) is 0 Å². The van der Waals surface area contributed by atoms with Gasteiger partial charge in [0.2, 0.25) is 0 Å². The number of aryl methyl sites for hydroxylation is 1. The van der Waals surface area contributed by atoms with Gasteiger partial charge in [-0.2, -0.15) is 0 Å². The summed E-state index contributed by atoms with van der Waals surface area (Å²) in [6, 6.07) is 13.2. The molecule has 1 aliphatic heterocycles. The zero-order valence-corrected chi connectivity index (χ0v) is 18.7. The number of nitrogens with zero attached hydrogens (tertiary/aromatic N) is 1. The van der Waals surface area contributed by atoms with Gasteiger partial charge in [-0.05, 0) is 38.6 Å². The van der Waals surface area contributed by atoms with Crippen LogP contribution in [0, 0.1) is 6.92 Å². The van der Waals surface area contributed by atoms with E-state index < -0.39 is 6.10 Å². The Morgan fingerprint density at radius 2 is 2.00 bits per heavy atom. The number of methoxy groups -OCH3 is 1. The first-order valence-corrected chi connectivity index (χ1v) is 10.8. The second-order valence-electron chi connectivity index (χ2n) is 8.26. The third kappa shape index (κ3) is 4.56. The SMILES string of the molecule is COc1cc(OC/C=C/c2ccccc2)c(C2CCN(C)CC2O)c2oc(C)cc(=O)c12. The number of ether oxygens (including phenoxy) is 2. The van der Waals surface area contributed by atoms with E-state index in [0.29, 0.717) is 41.4 Å². The molecule has 1 saturated heterocycles. The average molecular weight is 436 g/mol.